The van der Waals surface area contributed by atoms with Gasteiger partial charge in [-0.25, -0.2) is 9.78 Å². The minimum absolute atomic E-state index is 0. The van der Waals surface area contributed by atoms with Gasteiger partial charge in [-0.1, -0.05) is 12.1 Å². The number of carbonyl (C=O) groups is 1. The summed E-state index contributed by atoms with van der Waals surface area (Å²) in [5.41, 5.74) is 1.48. The molecule has 0 fully saturated rings. The molecule has 0 spiro atoms. The van der Waals surface area contributed by atoms with Crippen LogP contribution in [0, 0.1) is 0 Å². The minimum Gasteiger partial charge on any atom is -0.476 e. The molecule has 0 radical (unpaired) electrons. The first-order chi connectivity index (χ1) is 8.68. The standard InChI is InChI=1S/C12H7BrN2O3.BrH/c13-8-3-1-2-6-7(4-14-9(6)8)11-10(12(16)17)15-5-18-11;/h1-5,14H,(H,16,17);1H. The Hall–Kier alpha value is -1.60. The Morgan fingerprint density at radius 3 is 2.95 bits per heavy atom. The number of aromatic amines is 1. The van der Waals surface area contributed by atoms with Crippen LogP contribution in [0.1, 0.15) is 10.5 Å². The van der Waals surface area contributed by atoms with Crippen LogP contribution >= 0.6 is 32.9 Å². The number of oxazole rings is 1. The number of rotatable bonds is 2. The molecule has 0 atom stereocenters. The van der Waals surface area contributed by atoms with Crippen LogP contribution in [0.2, 0.25) is 0 Å². The predicted molar refractivity (Wildman–Crippen MR) is 78.8 cm³/mol. The first-order valence-corrected chi connectivity index (χ1v) is 5.90. The molecule has 0 aliphatic heterocycles. The Morgan fingerprint density at radius 1 is 1.42 bits per heavy atom. The third-order valence-corrected chi connectivity index (χ3v) is 3.34. The van der Waals surface area contributed by atoms with Gasteiger partial charge < -0.3 is 14.5 Å². The lowest BCUT2D eigenvalue weighted by molar-refractivity contribution is 0.0691. The van der Waals surface area contributed by atoms with Crippen molar-refractivity contribution in [1.29, 1.82) is 0 Å². The fourth-order valence-corrected chi connectivity index (χ4v) is 2.38. The van der Waals surface area contributed by atoms with E-state index in [0.29, 0.717) is 5.56 Å². The van der Waals surface area contributed by atoms with Gasteiger partial charge in [-0.3, -0.25) is 0 Å². The Morgan fingerprint density at radius 2 is 2.21 bits per heavy atom. The summed E-state index contributed by atoms with van der Waals surface area (Å²) in [4.78, 5) is 17.8. The molecule has 98 valence electrons. The van der Waals surface area contributed by atoms with Crippen LogP contribution in [0.25, 0.3) is 22.2 Å². The highest BCUT2D eigenvalue weighted by Gasteiger charge is 2.20. The topological polar surface area (TPSA) is 79.1 Å². The van der Waals surface area contributed by atoms with Crippen LogP contribution in [0.5, 0.6) is 0 Å². The quantitative estimate of drug-likeness (QED) is 0.699. The molecule has 0 aliphatic rings. The van der Waals surface area contributed by atoms with Gasteiger partial charge in [-0.2, -0.15) is 0 Å². The number of para-hydroxylation sites is 1. The summed E-state index contributed by atoms with van der Waals surface area (Å²) >= 11 is 3.43. The van der Waals surface area contributed by atoms with E-state index in [1.165, 1.54) is 0 Å². The lowest BCUT2D eigenvalue weighted by Crippen LogP contribution is -1.98. The van der Waals surface area contributed by atoms with Crippen molar-refractivity contribution in [2.24, 2.45) is 0 Å². The largest absolute Gasteiger partial charge is 0.476 e. The molecule has 0 bridgehead atoms. The fraction of sp³-hybridized carbons (Fsp3) is 0. The van der Waals surface area contributed by atoms with E-state index < -0.39 is 5.97 Å². The first-order valence-electron chi connectivity index (χ1n) is 5.11. The molecule has 2 heterocycles. The number of H-pyrrole nitrogens is 1. The van der Waals surface area contributed by atoms with E-state index in [1.807, 2.05) is 18.2 Å². The molecule has 3 aromatic rings. The zero-order valence-corrected chi connectivity index (χ0v) is 12.7. The van der Waals surface area contributed by atoms with Crippen molar-refractivity contribution in [3.05, 3.63) is 41.0 Å². The number of nitrogens with zero attached hydrogens (tertiary/aromatic N) is 1. The third-order valence-electron chi connectivity index (χ3n) is 2.68. The Labute approximate surface area is 126 Å². The van der Waals surface area contributed by atoms with Crippen molar-refractivity contribution in [1.82, 2.24) is 9.97 Å². The highest BCUT2D eigenvalue weighted by atomic mass is 79.9. The van der Waals surface area contributed by atoms with Crippen LogP contribution in [0.3, 0.4) is 0 Å². The van der Waals surface area contributed by atoms with E-state index in [0.717, 1.165) is 21.8 Å². The van der Waals surface area contributed by atoms with Crippen molar-refractivity contribution in [3.8, 4) is 11.3 Å². The van der Waals surface area contributed by atoms with Gasteiger partial charge in [-0.15, -0.1) is 17.0 Å². The maximum Gasteiger partial charge on any atom is 0.358 e. The summed E-state index contributed by atoms with van der Waals surface area (Å²) < 4.78 is 6.10. The predicted octanol–water partition coefficient (Wildman–Crippen LogP) is 3.86. The second-order valence-corrected chi connectivity index (χ2v) is 4.55. The van der Waals surface area contributed by atoms with Gasteiger partial charge in [0.05, 0.1) is 5.52 Å². The summed E-state index contributed by atoms with van der Waals surface area (Å²) in [6.07, 6.45) is 2.85. The van der Waals surface area contributed by atoms with Gasteiger partial charge in [0.1, 0.15) is 0 Å². The second-order valence-electron chi connectivity index (χ2n) is 3.70. The molecule has 2 aromatic heterocycles. The van der Waals surface area contributed by atoms with Crippen molar-refractivity contribution in [2.75, 3.05) is 0 Å². The smallest absolute Gasteiger partial charge is 0.358 e. The summed E-state index contributed by atoms with van der Waals surface area (Å²) in [5.74, 6) is -0.852. The SMILES string of the molecule is Br.O=C(O)c1ncoc1-c1c[nH]c2c(Br)cccc12. The average molecular weight is 388 g/mol. The van der Waals surface area contributed by atoms with E-state index in [-0.39, 0.29) is 28.4 Å². The molecular weight excluding hydrogens is 380 g/mol. The number of carboxylic acids is 1. The van der Waals surface area contributed by atoms with Crippen LogP contribution in [0.15, 0.2) is 39.7 Å². The molecule has 2 N–H and O–H groups in total. The minimum atomic E-state index is -1.11. The highest BCUT2D eigenvalue weighted by Crippen LogP contribution is 2.33. The molecule has 7 heteroatoms. The van der Waals surface area contributed by atoms with E-state index in [2.05, 4.69) is 25.9 Å². The van der Waals surface area contributed by atoms with Crippen molar-refractivity contribution >= 4 is 49.8 Å². The molecule has 0 saturated heterocycles. The zero-order chi connectivity index (χ0) is 12.7. The molecule has 0 aliphatic carbocycles. The number of hydrogen-bond acceptors (Lipinski definition) is 3. The summed E-state index contributed by atoms with van der Waals surface area (Å²) in [7, 11) is 0. The van der Waals surface area contributed by atoms with Gasteiger partial charge >= 0.3 is 5.97 Å². The maximum atomic E-state index is 11.0. The van der Waals surface area contributed by atoms with Crippen molar-refractivity contribution in [3.63, 3.8) is 0 Å². The van der Waals surface area contributed by atoms with Gasteiger partial charge in [0, 0.05) is 21.6 Å². The average Bonchev–Trinajstić information content (AvgIpc) is 2.94. The van der Waals surface area contributed by atoms with Gasteiger partial charge in [0.15, 0.2) is 17.8 Å². The van der Waals surface area contributed by atoms with Crippen molar-refractivity contribution < 1.29 is 14.3 Å². The van der Waals surface area contributed by atoms with Gasteiger partial charge in [-0.05, 0) is 22.0 Å². The van der Waals surface area contributed by atoms with E-state index in [4.69, 9.17) is 9.52 Å². The number of aromatic nitrogens is 2. The number of halogens is 2. The fourth-order valence-electron chi connectivity index (χ4n) is 1.89. The Balaban J connectivity index is 0.00000133. The lowest BCUT2D eigenvalue weighted by atomic mass is 10.1. The van der Waals surface area contributed by atoms with Crippen LogP contribution in [-0.4, -0.2) is 21.0 Å². The van der Waals surface area contributed by atoms with Crippen LogP contribution in [0.4, 0.5) is 0 Å². The van der Waals surface area contributed by atoms with E-state index in [9.17, 15) is 4.79 Å². The Kier molecular flexibility index (Phi) is 3.77. The first kappa shape index (κ1) is 13.8. The van der Waals surface area contributed by atoms with Gasteiger partial charge in [0.25, 0.3) is 0 Å². The van der Waals surface area contributed by atoms with E-state index in [1.54, 1.807) is 6.20 Å². The van der Waals surface area contributed by atoms with Gasteiger partial charge in [0.2, 0.25) is 0 Å². The molecule has 19 heavy (non-hydrogen) atoms. The Bertz CT molecular complexity index is 748. The molecule has 3 rings (SSSR count). The maximum absolute atomic E-state index is 11.0. The van der Waals surface area contributed by atoms with E-state index >= 15 is 0 Å². The summed E-state index contributed by atoms with van der Waals surface area (Å²) in [5, 5.41) is 9.92. The highest BCUT2D eigenvalue weighted by molar-refractivity contribution is 9.10. The molecule has 0 amide bonds. The molecule has 0 unspecified atom stereocenters. The number of aromatic carboxylic acids is 1. The molecule has 5 nitrogen and oxygen atoms in total. The normalized spacial score (nSPS) is 10.4. The monoisotopic (exact) mass is 386 g/mol. The van der Waals surface area contributed by atoms with Crippen molar-refractivity contribution in [2.45, 2.75) is 0 Å². The molecule has 1 aromatic carbocycles. The number of fused-ring (bicyclic) bond motifs is 1. The summed E-state index contributed by atoms with van der Waals surface area (Å²) in [6.45, 7) is 0. The van der Waals surface area contributed by atoms with Crippen LogP contribution in [-0.2, 0) is 0 Å². The number of carboxylic acid groups (broad SMARTS) is 1. The third kappa shape index (κ3) is 2.19. The second kappa shape index (κ2) is 5.18. The lowest BCUT2D eigenvalue weighted by Gasteiger charge is -1.97. The molecular formula is C12H8Br2N2O3. The number of benzene rings is 1. The zero-order valence-electron chi connectivity index (χ0n) is 9.38. The molecule has 0 saturated carbocycles. The number of nitrogens with one attached hydrogen (secondary N) is 1. The summed E-state index contributed by atoms with van der Waals surface area (Å²) in [6, 6.07) is 5.67. The number of hydrogen-bond donors (Lipinski definition) is 2. The van der Waals surface area contributed by atoms with Crippen LogP contribution < -0.4 is 0 Å².